The third-order valence-electron chi connectivity index (χ3n) is 1.22. The number of hydrogen-bond acceptors (Lipinski definition) is 4. The Morgan fingerprint density at radius 3 is 2.50 bits per heavy atom. The van der Waals surface area contributed by atoms with Crippen molar-refractivity contribution in [3.05, 3.63) is 17.3 Å². The van der Waals surface area contributed by atoms with Gasteiger partial charge in [0, 0.05) is 11.7 Å². The molecule has 1 heterocycles. The fourth-order valence-electron chi connectivity index (χ4n) is 0.675. The van der Waals surface area contributed by atoms with Gasteiger partial charge in [-0.15, -0.1) is 12.4 Å². The third kappa shape index (κ3) is 2.25. The Hall–Kier alpha value is -0.485. The molecule has 66 valence electrons. The summed E-state index contributed by atoms with van der Waals surface area (Å²) >= 11 is 5.58. The third-order valence-corrected chi connectivity index (χ3v) is 1.64. The van der Waals surface area contributed by atoms with Crippen molar-refractivity contribution in [1.82, 2.24) is 4.98 Å². The minimum atomic E-state index is -1.60. The van der Waals surface area contributed by atoms with Crippen LogP contribution in [0.4, 0.5) is 5.82 Å². The van der Waals surface area contributed by atoms with Crippen molar-refractivity contribution in [1.29, 1.82) is 0 Å². The molecule has 0 aromatic carbocycles. The number of pyridine rings is 1. The van der Waals surface area contributed by atoms with E-state index in [-0.39, 0.29) is 28.7 Å². The normalized spacial score (nSPS) is 8.92. The first-order valence-electron chi connectivity index (χ1n) is 2.89. The van der Waals surface area contributed by atoms with Gasteiger partial charge in [0.1, 0.15) is 5.82 Å². The lowest BCUT2D eigenvalue weighted by molar-refractivity contribution is 0.426. The van der Waals surface area contributed by atoms with Crippen LogP contribution in [-0.4, -0.2) is 22.2 Å². The standard InChI is InChI=1S/C5H6BClN2O2.ClH/c7-4-3(6(10)11)1-2-9-5(4)8;/h1-2,10-11H,(H2,8,9);1H. The van der Waals surface area contributed by atoms with Crippen molar-refractivity contribution in [3.63, 3.8) is 0 Å². The number of rotatable bonds is 1. The number of anilines is 1. The number of nitrogen functional groups attached to an aromatic ring is 1. The summed E-state index contributed by atoms with van der Waals surface area (Å²) in [6.07, 6.45) is 1.36. The van der Waals surface area contributed by atoms with Crippen molar-refractivity contribution < 1.29 is 10.0 Å². The van der Waals surface area contributed by atoms with Gasteiger partial charge < -0.3 is 15.8 Å². The summed E-state index contributed by atoms with van der Waals surface area (Å²) in [6.45, 7) is 0. The number of aromatic nitrogens is 1. The fourth-order valence-corrected chi connectivity index (χ4v) is 0.884. The van der Waals surface area contributed by atoms with Gasteiger partial charge in [0.25, 0.3) is 0 Å². The maximum absolute atomic E-state index is 8.72. The minimum Gasteiger partial charge on any atom is -0.423 e. The van der Waals surface area contributed by atoms with E-state index >= 15 is 0 Å². The monoisotopic (exact) mass is 208 g/mol. The second-order valence-corrected chi connectivity index (χ2v) is 2.35. The highest BCUT2D eigenvalue weighted by atomic mass is 35.5. The molecule has 12 heavy (non-hydrogen) atoms. The zero-order chi connectivity index (χ0) is 8.43. The first-order chi connectivity index (χ1) is 5.13. The van der Waals surface area contributed by atoms with Gasteiger partial charge in [0.05, 0.1) is 5.02 Å². The van der Waals surface area contributed by atoms with Crippen LogP contribution in [-0.2, 0) is 0 Å². The maximum Gasteiger partial charge on any atom is 0.490 e. The summed E-state index contributed by atoms with van der Waals surface area (Å²) in [5, 5.41) is 17.5. The molecule has 7 heteroatoms. The molecule has 0 aliphatic heterocycles. The van der Waals surface area contributed by atoms with Gasteiger partial charge in [-0.2, -0.15) is 0 Å². The van der Waals surface area contributed by atoms with Gasteiger partial charge in [0.2, 0.25) is 0 Å². The summed E-state index contributed by atoms with van der Waals surface area (Å²) in [5.41, 5.74) is 5.46. The number of hydrogen-bond donors (Lipinski definition) is 3. The lowest BCUT2D eigenvalue weighted by Gasteiger charge is -2.02. The molecule has 1 aromatic rings. The molecular formula is C5H7BCl2N2O2. The molecule has 0 aliphatic rings. The Morgan fingerprint density at radius 1 is 1.50 bits per heavy atom. The Balaban J connectivity index is 0.00000121. The predicted octanol–water partition coefficient (Wildman–Crippen LogP) is -0.581. The molecule has 0 bridgehead atoms. The van der Waals surface area contributed by atoms with E-state index in [0.29, 0.717) is 0 Å². The molecule has 4 N–H and O–H groups in total. The number of nitrogens with two attached hydrogens (primary N) is 1. The molecule has 0 saturated carbocycles. The van der Waals surface area contributed by atoms with Gasteiger partial charge in [0.15, 0.2) is 0 Å². The molecule has 4 nitrogen and oxygen atoms in total. The van der Waals surface area contributed by atoms with Crippen molar-refractivity contribution in [2.24, 2.45) is 0 Å². The molecule has 1 aromatic heterocycles. The quantitative estimate of drug-likeness (QED) is 0.540. The van der Waals surface area contributed by atoms with E-state index in [1.165, 1.54) is 12.3 Å². The first-order valence-corrected chi connectivity index (χ1v) is 3.26. The van der Waals surface area contributed by atoms with Crippen LogP contribution in [0.5, 0.6) is 0 Å². The SMILES string of the molecule is Cl.Nc1nccc(B(O)O)c1Cl. The van der Waals surface area contributed by atoms with Gasteiger partial charge in [-0.1, -0.05) is 11.6 Å². The van der Waals surface area contributed by atoms with Crippen LogP contribution in [0.2, 0.25) is 5.02 Å². The molecule has 0 aliphatic carbocycles. The van der Waals surface area contributed by atoms with Gasteiger partial charge in [-0.25, -0.2) is 4.98 Å². The second kappa shape index (κ2) is 4.52. The topological polar surface area (TPSA) is 79.4 Å². The number of nitrogens with zero attached hydrogens (tertiary/aromatic N) is 1. The highest BCUT2D eigenvalue weighted by molar-refractivity contribution is 6.63. The van der Waals surface area contributed by atoms with E-state index in [2.05, 4.69) is 4.98 Å². The Kier molecular flexibility index (Phi) is 4.34. The van der Waals surface area contributed by atoms with E-state index in [1.807, 2.05) is 0 Å². The molecule has 0 saturated heterocycles. The van der Waals surface area contributed by atoms with Crippen molar-refractivity contribution in [3.8, 4) is 0 Å². The summed E-state index contributed by atoms with van der Waals surface area (Å²) < 4.78 is 0. The fraction of sp³-hybridized carbons (Fsp3) is 0. The van der Waals surface area contributed by atoms with Gasteiger partial charge in [-0.3, -0.25) is 0 Å². The molecule has 0 amide bonds. The smallest absolute Gasteiger partial charge is 0.423 e. The maximum atomic E-state index is 8.72. The van der Waals surface area contributed by atoms with Gasteiger partial charge >= 0.3 is 7.12 Å². The van der Waals surface area contributed by atoms with Gasteiger partial charge in [-0.05, 0) is 6.07 Å². The molecule has 0 radical (unpaired) electrons. The van der Waals surface area contributed by atoms with E-state index < -0.39 is 7.12 Å². The molecule has 1 rings (SSSR count). The minimum absolute atomic E-state index is 0. The van der Waals surface area contributed by atoms with Crippen molar-refractivity contribution >= 4 is 42.4 Å². The van der Waals surface area contributed by atoms with E-state index in [1.54, 1.807) is 0 Å². The highest BCUT2D eigenvalue weighted by Gasteiger charge is 2.16. The molecule has 0 unspecified atom stereocenters. The Bertz CT molecular complexity index is 272. The average molecular weight is 209 g/mol. The van der Waals surface area contributed by atoms with Crippen LogP contribution in [0.3, 0.4) is 0 Å². The molecule has 0 fully saturated rings. The van der Waals surface area contributed by atoms with E-state index in [9.17, 15) is 0 Å². The summed E-state index contributed by atoms with van der Waals surface area (Å²) in [4.78, 5) is 3.65. The van der Waals surface area contributed by atoms with Crippen LogP contribution < -0.4 is 11.2 Å². The van der Waals surface area contributed by atoms with E-state index in [0.717, 1.165) is 0 Å². The Morgan fingerprint density at radius 2 is 2.08 bits per heavy atom. The Labute approximate surface area is 80.9 Å². The zero-order valence-corrected chi connectivity index (χ0v) is 7.51. The lowest BCUT2D eigenvalue weighted by Crippen LogP contribution is -2.31. The first kappa shape index (κ1) is 11.5. The zero-order valence-electron chi connectivity index (χ0n) is 5.94. The predicted molar refractivity (Wildman–Crippen MR) is 50.7 cm³/mol. The molecule has 0 spiro atoms. The lowest BCUT2D eigenvalue weighted by atomic mass is 9.81. The average Bonchev–Trinajstić information content (AvgIpc) is 1.94. The van der Waals surface area contributed by atoms with Crippen LogP contribution in [0, 0.1) is 0 Å². The second-order valence-electron chi connectivity index (χ2n) is 1.97. The largest absolute Gasteiger partial charge is 0.490 e. The van der Waals surface area contributed by atoms with Crippen LogP contribution in [0.25, 0.3) is 0 Å². The van der Waals surface area contributed by atoms with Crippen LogP contribution >= 0.6 is 24.0 Å². The number of halogens is 2. The summed E-state index contributed by atoms with van der Waals surface area (Å²) in [5.74, 6) is 0.0947. The molecule has 0 atom stereocenters. The summed E-state index contributed by atoms with van der Waals surface area (Å²) in [6, 6.07) is 1.39. The highest BCUT2D eigenvalue weighted by Crippen LogP contribution is 2.11. The van der Waals surface area contributed by atoms with E-state index in [4.69, 9.17) is 27.4 Å². The van der Waals surface area contributed by atoms with Crippen molar-refractivity contribution in [2.45, 2.75) is 0 Å². The molecular weight excluding hydrogens is 202 g/mol. The summed E-state index contributed by atoms with van der Waals surface area (Å²) in [7, 11) is -1.60. The van der Waals surface area contributed by atoms with Crippen LogP contribution in [0.15, 0.2) is 12.3 Å². The van der Waals surface area contributed by atoms with Crippen LogP contribution in [0.1, 0.15) is 0 Å². The van der Waals surface area contributed by atoms with Crippen molar-refractivity contribution in [2.75, 3.05) is 5.73 Å².